The summed E-state index contributed by atoms with van der Waals surface area (Å²) >= 11 is 0. The molecule has 10 nitrogen and oxygen atoms in total. The van der Waals surface area contributed by atoms with Crippen LogP contribution in [0.1, 0.15) is 32.3 Å². The Labute approximate surface area is 193 Å². The number of aliphatic hydroxyl groups excluding tert-OH is 2. The van der Waals surface area contributed by atoms with Crippen molar-refractivity contribution in [2.45, 2.75) is 63.4 Å². The number of phenolic OH excluding ortho intramolecular Hbond substituents is 1. The Morgan fingerprint density at radius 3 is 2.36 bits per heavy atom. The molecular weight excluding hydrogens is 428 g/mol. The number of hydrogen-bond donors (Lipinski definition) is 7. The lowest BCUT2D eigenvalue weighted by molar-refractivity contribution is -0.651. The minimum absolute atomic E-state index is 0.0720. The molecule has 1 aliphatic carbocycles. The SMILES string of the molecule is C[NH2+][C@@H](CC(C)C)C(=O)N[C@@H]1C=C(C(=O)N[C@@H](Cc2ccc(O)cc2)C(N)=O)C[C@@H](O)[C@@H]1O. The number of rotatable bonds is 10. The number of carbonyl (C=O) groups excluding carboxylic acids is 3. The number of nitrogens with two attached hydrogens (primary N) is 2. The van der Waals surface area contributed by atoms with Crippen molar-refractivity contribution in [1.82, 2.24) is 10.6 Å². The van der Waals surface area contributed by atoms with Crippen molar-refractivity contribution in [3.63, 3.8) is 0 Å². The molecule has 3 amide bonds. The van der Waals surface area contributed by atoms with E-state index in [9.17, 15) is 29.7 Å². The van der Waals surface area contributed by atoms with Gasteiger partial charge in [0, 0.05) is 24.8 Å². The molecule has 0 heterocycles. The molecular formula is C23H35N4O6+. The largest absolute Gasteiger partial charge is 0.508 e. The second kappa shape index (κ2) is 11.8. The first-order valence-corrected chi connectivity index (χ1v) is 11.1. The van der Waals surface area contributed by atoms with Gasteiger partial charge in [0.15, 0.2) is 6.04 Å². The number of hydrogen-bond acceptors (Lipinski definition) is 6. The van der Waals surface area contributed by atoms with E-state index in [4.69, 9.17) is 5.73 Å². The fourth-order valence-electron chi connectivity index (χ4n) is 3.78. The van der Waals surface area contributed by atoms with Gasteiger partial charge < -0.3 is 37.0 Å². The predicted octanol–water partition coefficient (Wildman–Crippen LogP) is -1.95. The third kappa shape index (κ3) is 7.55. The summed E-state index contributed by atoms with van der Waals surface area (Å²) in [6.45, 7) is 4.00. The number of carbonyl (C=O) groups is 3. The molecule has 0 saturated heterocycles. The molecule has 2 rings (SSSR count). The zero-order valence-corrected chi connectivity index (χ0v) is 19.2. The van der Waals surface area contributed by atoms with Crippen LogP contribution in [0.25, 0.3) is 0 Å². The number of aromatic hydroxyl groups is 1. The molecule has 0 aliphatic heterocycles. The van der Waals surface area contributed by atoms with Crippen LogP contribution in [0, 0.1) is 5.92 Å². The van der Waals surface area contributed by atoms with Gasteiger partial charge in [0.1, 0.15) is 17.9 Å². The van der Waals surface area contributed by atoms with Gasteiger partial charge in [-0.2, -0.15) is 0 Å². The minimum Gasteiger partial charge on any atom is -0.508 e. The summed E-state index contributed by atoms with van der Waals surface area (Å²) in [4.78, 5) is 37.4. The van der Waals surface area contributed by atoms with Gasteiger partial charge in [0.05, 0.1) is 19.2 Å². The first-order valence-electron chi connectivity index (χ1n) is 11.1. The van der Waals surface area contributed by atoms with E-state index in [0.29, 0.717) is 12.0 Å². The number of primary amides is 1. The monoisotopic (exact) mass is 463 g/mol. The molecule has 0 aromatic heterocycles. The second-order valence-corrected chi connectivity index (χ2v) is 8.86. The molecule has 0 saturated carbocycles. The number of aliphatic hydroxyl groups is 2. The smallest absolute Gasteiger partial charge is 0.278 e. The summed E-state index contributed by atoms with van der Waals surface area (Å²) in [5.41, 5.74) is 6.27. The van der Waals surface area contributed by atoms with E-state index in [-0.39, 0.29) is 42.0 Å². The minimum atomic E-state index is -1.27. The molecule has 1 aliphatic rings. The van der Waals surface area contributed by atoms with E-state index in [1.807, 2.05) is 13.8 Å². The molecule has 0 spiro atoms. The maximum atomic E-state index is 12.8. The van der Waals surface area contributed by atoms with Crippen LogP contribution in [0.5, 0.6) is 5.75 Å². The van der Waals surface area contributed by atoms with E-state index in [1.165, 1.54) is 18.2 Å². The van der Waals surface area contributed by atoms with Crippen LogP contribution in [0.4, 0.5) is 0 Å². The molecule has 10 heteroatoms. The Morgan fingerprint density at radius 2 is 1.82 bits per heavy atom. The number of benzene rings is 1. The highest BCUT2D eigenvalue weighted by Gasteiger charge is 2.36. The Bertz CT molecular complexity index is 870. The van der Waals surface area contributed by atoms with E-state index in [1.54, 1.807) is 24.5 Å². The van der Waals surface area contributed by atoms with Gasteiger partial charge in [-0.15, -0.1) is 0 Å². The quantitative estimate of drug-likeness (QED) is 0.212. The lowest BCUT2D eigenvalue weighted by Crippen LogP contribution is -2.89. The Balaban J connectivity index is 2.13. The Morgan fingerprint density at radius 1 is 1.18 bits per heavy atom. The van der Waals surface area contributed by atoms with Crippen molar-refractivity contribution in [3.05, 3.63) is 41.5 Å². The van der Waals surface area contributed by atoms with Gasteiger partial charge in [-0.25, -0.2) is 0 Å². The summed E-state index contributed by atoms with van der Waals surface area (Å²) in [7, 11) is 1.78. The van der Waals surface area contributed by atoms with Gasteiger partial charge in [-0.1, -0.05) is 32.1 Å². The van der Waals surface area contributed by atoms with Crippen LogP contribution in [0.15, 0.2) is 35.9 Å². The second-order valence-electron chi connectivity index (χ2n) is 8.86. The summed E-state index contributed by atoms with van der Waals surface area (Å²) < 4.78 is 0. The van der Waals surface area contributed by atoms with E-state index in [0.717, 1.165) is 0 Å². The van der Waals surface area contributed by atoms with Crippen molar-refractivity contribution in [2.24, 2.45) is 11.7 Å². The van der Waals surface area contributed by atoms with Crippen LogP contribution in [0.2, 0.25) is 0 Å². The zero-order chi connectivity index (χ0) is 24.7. The van der Waals surface area contributed by atoms with Gasteiger partial charge >= 0.3 is 0 Å². The lowest BCUT2D eigenvalue weighted by Gasteiger charge is -2.32. The fraction of sp³-hybridized carbons (Fsp3) is 0.522. The maximum absolute atomic E-state index is 12.8. The highest BCUT2D eigenvalue weighted by atomic mass is 16.3. The van der Waals surface area contributed by atoms with Crippen molar-refractivity contribution < 1.29 is 35.0 Å². The van der Waals surface area contributed by atoms with E-state index < -0.39 is 36.1 Å². The highest BCUT2D eigenvalue weighted by Crippen LogP contribution is 2.21. The summed E-state index contributed by atoms with van der Waals surface area (Å²) in [5, 5.41) is 37.1. The zero-order valence-electron chi connectivity index (χ0n) is 19.2. The summed E-state index contributed by atoms with van der Waals surface area (Å²) in [5.74, 6) is -1.31. The average molecular weight is 464 g/mol. The van der Waals surface area contributed by atoms with Gasteiger partial charge in [-0.3, -0.25) is 14.4 Å². The van der Waals surface area contributed by atoms with Crippen molar-refractivity contribution in [3.8, 4) is 5.75 Å². The van der Waals surface area contributed by atoms with Gasteiger partial charge in [0.25, 0.3) is 5.91 Å². The van der Waals surface area contributed by atoms with E-state index >= 15 is 0 Å². The van der Waals surface area contributed by atoms with E-state index in [2.05, 4.69) is 10.6 Å². The standard InChI is InChI=1S/C23H34N4O6/c1-12(2)8-18(25-3)23(33)26-16-10-14(11-19(29)20(16)30)22(32)27-17(21(24)31)9-13-4-6-15(28)7-5-13/h4-7,10,12,16-20,25,28-30H,8-9,11H2,1-3H3,(H2,24,31)(H,26,33)(H,27,32)/p+1/t16-,17+,18+,19-,20-/m1/s1. The van der Waals surface area contributed by atoms with Crippen LogP contribution in [0.3, 0.4) is 0 Å². The molecule has 0 fully saturated rings. The Kier molecular flexibility index (Phi) is 9.39. The first-order chi connectivity index (χ1) is 15.5. The van der Waals surface area contributed by atoms with Crippen LogP contribution in [-0.2, 0) is 20.8 Å². The Hall–Kier alpha value is -2.95. The lowest BCUT2D eigenvalue weighted by atomic mass is 9.89. The highest BCUT2D eigenvalue weighted by molar-refractivity contribution is 5.97. The van der Waals surface area contributed by atoms with Gasteiger partial charge in [0.2, 0.25) is 11.8 Å². The normalized spacial score (nSPS) is 22.2. The third-order valence-electron chi connectivity index (χ3n) is 5.66. The maximum Gasteiger partial charge on any atom is 0.278 e. The first kappa shape index (κ1) is 26.3. The van der Waals surface area contributed by atoms with Crippen molar-refractivity contribution >= 4 is 17.7 Å². The third-order valence-corrected chi connectivity index (χ3v) is 5.66. The van der Waals surface area contributed by atoms with Crippen LogP contribution >= 0.6 is 0 Å². The molecule has 33 heavy (non-hydrogen) atoms. The molecule has 1 aromatic rings. The topological polar surface area (TPSA) is 179 Å². The molecule has 182 valence electrons. The van der Waals surface area contributed by atoms with Gasteiger partial charge in [-0.05, 0) is 23.6 Å². The predicted molar refractivity (Wildman–Crippen MR) is 121 cm³/mol. The summed E-state index contributed by atoms with van der Waals surface area (Å²) in [6, 6.07) is 3.80. The molecule has 0 bridgehead atoms. The molecule has 0 radical (unpaired) electrons. The number of amides is 3. The average Bonchev–Trinajstić information content (AvgIpc) is 2.75. The van der Waals surface area contributed by atoms with Crippen LogP contribution < -0.4 is 21.7 Å². The van der Waals surface area contributed by atoms with Crippen molar-refractivity contribution in [2.75, 3.05) is 7.05 Å². The molecule has 9 N–H and O–H groups in total. The number of quaternary nitrogens is 1. The van der Waals surface area contributed by atoms with Crippen LogP contribution in [-0.4, -0.2) is 70.4 Å². The fourth-order valence-corrected chi connectivity index (χ4v) is 3.78. The number of phenols is 1. The molecule has 0 unspecified atom stereocenters. The number of nitrogens with one attached hydrogen (secondary N) is 2. The molecule has 5 atom stereocenters. The molecule has 1 aromatic carbocycles. The summed E-state index contributed by atoms with van der Waals surface area (Å²) in [6.07, 6.45) is -0.527. The number of likely N-dealkylation sites (N-methyl/N-ethyl adjacent to an activating group) is 1. The van der Waals surface area contributed by atoms with Crippen molar-refractivity contribution in [1.29, 1.82) is 0 Å².